The van der Waals surface area contributed by atoms with Gasteiger partial charge >= 0.3 is 5.97 Å². The van der Waals surface area contributed by atoms with E-state index in [1.165, 1.54) is 6.92 Å². The Morgan fingerprint density at radius 2 is 1.07 bits per heavy atom. The van der Waals surface area contributed by atoms with Crippen molar-refractivity contribution in [2.45, 2.75) is 163 Å². The molecule has 308 valence electrons. The van der Waals surface area contributed by atoms with Gasteiger partial charge in [0.25, 0.3) is 11.8 Å². The summed E-state index contributed by atoms with van der Waals surface area (Å²) >= 11 is 0. The zero-order valence-electron chi connectivity index (χ0n) is 33.5. The highest BCUT2D eigenvalue weighted by molar-refractivity contribution is 6.01. The lowest BCUT2D eigenvalue weighted by molar-refractivity contribution is -0.199. The van der Waals surface area contributed by atoms with Crippen molar-refractivity contribution in [3.05, 3.63) is 0 Å². The first kappa shape index (κ1) is 47.9. The minimum Gasteiger partial charge on any atom is -0.390 e. The van der Waals surface area contributed by atoms with Crippen LogP contribution in [0.3, 0.4) is 0 Å². The third-order valence-corrected chi connectivity index (χ3v) is 8.76. The predicted octanol–water partition coefficient (Wildman–Crippen LogP) is 0.744. The minimum atomic E-state index is -1.45. The first-order chi connectivity index (χ1) is 25.1. The Labute approximate surface area is 318 Å². The first-order valence-electron chi connectivity index (χ1n) is 19.0. The Morgan fingerprint density at radius 3 is 1.54 bits per heavy atom. The monoisotopic (exact) mass is 768 g/mol. The Bertz CT molecular complexity index is 1300. The summed E-state index contributed by atoms with van der Waals surface area (Å²) in [4.78, 5) is 106. The molecule has 7 N–H and O–H groups in total. The van der Waals surface area contributed by atoms with Crippen molar-refractivity contribution in [2.75, 3.05) is 0 Å². The lowest BCUT2D eigenvalue weighted by atomic mass is 9.95. The molecule has 1 heterocycles. The molecule has 0 aromatic carbocycles. The molecule has 1 saturated heterocycles. The number of carbonyl (C=O) groups excluding carboxylic acids is 8. The van der Waals surface area contributed by atoms with E-state index in [0.717, 1.165) is 0 Å². The van der Waals surface area contributed by atoms with E-state index in [2.05, 4.69) is 26.6 Å². The van der Waals surface area contributed by atoms with Crippen molar-refractivity contribution in [1.82, 2.24) is 31.6 Å². The van der Waals surface area contributed by atoms with Crippen LogP contribution in [-0.2, 0) is 43.2 Å². The SMILES string of the molecule is CCCC(=O)N[C@H](C(=O)N[C@H](C(=O)N[C@@H](CC(C)C)[C@@H](O)CC(=O)N[C@@H](C)C(=O)N[C@@H](CC(C)C)[C@@H](O)CC(=O)ON1C(=O)CCC1=O)C(C)C)C(C)C. The highest BCUT2D eigenvalue weighted by Gasteiger charge is 2.36. The van der Waals surface area contributed by atoms with Gasteiger partial charge in [0.1, 0.15) is 18.1 Å². The summed E-state index contributed by atoms with van der Waals surface area (Å²) in [6.07, 6.45) is -2.72. The van der Waals surface area contributed by atoms with Crippen LogP contribution in [0.2, 0.25) is 0 Å². The van der Waals surface area contributed by atoms with Gasteiger partial charge in [-0.3, -0.25) is 33.6 Å². The molecule has 0 unspecified atom stereocenters. The molecular formula is C37H64N6O11. The second-order valence-corrected chi connectivity index (χ2v) is 15.6. The highest BCUT2D eigenvalue weighted by atomic mass is 16.7. The van der Waals surface area contributed by atoms with Crippen LogP contribution in [0.4, 0.5) is 0 Å². The molecule has 0 aromatic rings. The average molecular weight is 769 g/mol. The lowest BCUT2D eigenvalue weighted by Crippen LogP contribution is -2.59. The van der Waals surface area contributed by atoms with E-state index in [4.69, 9.17) is 4.84 Å². The number of carbonyl (C=O) groups is 8. The number of hydrogen-bond acceptors (Lipinski definition) is 11. The van der Waals surface area contributed by atoms with Gasteiger partial charge in [0, 0.05) is 19.3 Å². The Morgan fingerprint density at radius 1 is 0.630 bits per heavy atom. The summed E-state index contributed by atoms with van der Waals surface area (Å²) in [6.45, 7) is 17.7. The third-order valence-electron chi connectivity index (χ3n) is 8.76. The summed E-state index contributed by atoms with van der Waals surface area (Å²) in [5.74, 6) is -5.80. The van der Waals surface area contributed by atoms with Crippen LogP contribution in [0.5, 0.6) is 0 Å². The molecular weight excluding hydrogens is 704 g/mol. The second kappa shape index (κ2) is 22.9. The maximum absolute atomic E-state index is 13.5. The molecule has 17 heteroatoms. The van der Waals surface area contributed by atoms with Crippen molar-refractivity contribution in [3.63, 3.8) is 0 Å². The number of aliphatic hydroxyl groups excluding tert-OH is 2. The number of hydrogen-bond donors (Lipinski definition) is 7. The Kier molecular flexibility index (Phi) is 20.4. The molecule has 17 nitrogen and oxygen atoms in total. The summed E-state index contributed by atoms with van der Waals surface area (Å²) in [5.41, 5.74) is 0. The number of rotatable bonds is 23. The fourth-order valence-corrected chi connectivity index (χ4v) is 5.81. The van der Waals surface area contributed by atoms with Crippen molar-refractivity contribution >= 4 is 47.3 Å². The van der Waals surface area contributed by atoms with Crippen LogP contribution in [-0.4, -0.2) is 105 Å². The summed E-state index contributed by atoms with van der Waals surface area (Å²) in [5, 5.41) is 35.7. The van der Waals surface area contributed by atoms with Crippen LogP contribution >= 0.6 is 0 Å². The maximum atomic E-state index is 13.5. The number of nitrogens with zero attached hydrogens (tertiary/aromatic N) is 1. The molecule has 0 aromatic heterocycles. The summed E-state index contributed by atoms with van der Waals surface area (Å²) < 4.78 is 0. The van der Waals surface area contributed by atoms with Crippen LogP contribution < -0.4 is 26.6 Å². The number of nitrogens with one attached hydrogen (secondary N) is 5. The van der Waals surface area contributed by atoms with Gasteiger partial charge < -0.3 is 41.6 Å². The molecule has 1 rings (SSSR count). The Hall–Kier alpha value is -4.12. The van der Waals surface area contributed by atoms with E-state index in [1.807, 2.05) is 34.6 Å². The van der Waals surface area contributed by atoms with Gasteiger partial charge in [-0.15, -0.1) is 5.06 Å². The Balaban J connectivity index is 2.93. The van der Waals surface area contributed by atoms with Gasteiger partial charge in [0.15, 0.2) is 0 Å². The molecule has 1 aliphatic heterocycles. The van der Waals surface area contributed by atoms with Crippen LogP contribution in [0, 0.1) is 23.7 Å². The smallest absolute Gasteiger partial charge is 0.335 e. The number of aliphatic hydroxyl groups is 2. The van der Waals surface area contributed by atoms with E-state index in [-0.39, 0.29) is 61.7 Å². The third kappa shape index (κ3) is 16.5. The molecule has 54 heavy (non-hydrogen) atoms. The highest BCUT2D eigenvalue weighted by Crippen LogP contribution is 2.17. The van der Waals surface area contributed by atoms with Gasteiger partial charge in [-0.2, -0.15) is 0 Å². The van der Waals surface area contributed by atoms with E-state index >= 15 is 0 Å². The molecule has 0 radical (unpaired) electrons. The van der Waals surface area contributed by atoms with Crippen molar-refractivity contribution in [1.29, 1.82) is 0 Å². The molecule has 0 aliphatic carbocycles. The molecule has 1 aliphatic rings. The van der Waals surface area contributed by atoms with E-state index < -0.39 is 96.7 Å². The van der Waals surface area contributed by atoms with Gasteiger partial charge in [0.05, 0.1) is 37.1 Å². The van der Waals surface area contributed by atoms with Gasteiger partial charge in [0.2, 0.25) is 29.5 Å². The molecule has 7 atom stereocenters. The fourth-order valence-electron chi connectivity index (χ4n) is 5.81. The van der Waals surface area contributed by atoms with Crippen molar-refractivity contribution in [2.24, 2.45) is 23.7 Å². The van der Waals surface area contributed by atoms with Gasteiger partial charge in [-0.05, 0) is 49.9 Å². The average Bonchev–Trinajstić information content (AvgIpc) is 3.36. The largest absolute Gasteiger partial charge is 0.390 e. The number of hydroxylamine groups is 2. The second-order valence-electron chi connectivity index (χ2n) is 15.6. The van der Waals surface area contributed by atoms with Crippen molar-refractivity contribution < 1.29 is 53.4 Å². The fraction of sp³-hybridized carbons (Fsp3) is 0.784. The van der Waals surface area contributed by atoms with Crippen LogP contribution in [0.1, 0.15) is 121 Å². The minimum absolute atomic E-state index is 0.0122. The summed E-state index contributed by atoms with van der Waals surface area (Å²) in [7, 11) is 0. The zero-order valence-corrected chi connectivity index (χ0v) is 33.5. The predicted molar refractivity (Wildman–Crippen MR) is 197 cm³/mol. The maximum Gasteiger partial charge on any atom is 0.335 e. The van der Waals surface area contributed by atoms with E-state index in [1.54, 1.807) is 27.7 Å². The number of imide groups is 1. The van der Waals surface area contributed by atoms with E-state index in [0.29, 0.717) is 11.5 Å². The van der Waals surface area contributed by atoms with Crippen molar-refractivity contribution in [3.8, 4) is 0 Å². The van der Waals surface area contributed by atoms with Crippen LogP contribution in [0.15, 0.2) is 0 Å². The standard InChI is InChI=1S/C37H64N6O11/c1-11-12-28(46)41-33(21(6)7)37(53)42-34(22(8)9)36(52)40-24(15-19(2)3)26(44)17-29(47)38-23(10)35(51)39-25(16-20(4)5)27(45)18-32(50)54-43-30(48)13-14-31(43)49/h19-27,33-34,44-45H,11-18H2,1-10H3,(H,38,47)(H,39,51)(H,40,52)(H,41,46)(H,42,53)/t23-,24-,25-,26-,27-,33-,34-/m0/s1. The molecule has 0 spiro atoms. The lowest BCUT2D eigenvalue weighted by Gasteiger charge is -2.31. The first-order valence-corrected chi connectivity index (χ1v) is 19.0. The molecule has 1 fully saturated rings. The summed E-state index contributed by atoms with van der Waals surface area (Å²) in [6, 6.07) is -4.86. The van der Waals surface area contributed by atoms with Crippen LogP contribution in [0.25, 0.3) is 0 Å². The van der Waals surface area contributed by atoms with Gasteiger partial charge in [-0.1, -0.05) is 62.3 Å². The zero-order chi connectivity index (χ0) is 41.4. The topological polar surface area (TPSA) is 250 Å². The van der Waals surface area contributed by atoms with Gasteiger partial charge in [-0.25, -0.2) is 4.79 Å². The quantitative estimate of drug-likeness (QED) is 0.0715. The normalized spacial score (nSPS) is 17.1. The molecule has 7 amide bonds. The molecule has 0 bridgehead atoms. The molecule has 0 saturated carbocycles. The van der Waals surface area contributed by atoms with E-state index in [9.17, 15) is 48.6 Å². The number of amides is 7.